The molecule has 39 heavy (non-hydrogen) atoms. The lowest BCUT2D eigenvalue weighted by Gasteiger charge is -2.34. The van der Waals surface area contributed by atoms with Crippen molar-refractivity contribution in [2.45, 2.75) is 12.8 Å². The molecule has 0 saturated carbocycles. The fourth-order valence-corrected chi connectivity index (χ4v) is 5.15. The Kier molecular flexibility index (Phi) is 9.57. The van der Waals surface area contributed by atoms with Gasteiger partial charge in [0.05, 0.1) is 5.52 Å². The van der Waals surface area contributed by atoms with E-state index in [2.05, 4.69) is 69.7 Å². The second-order valence-electron chi connectivity index (χ2n) is 10.0. The number of benzene rings is 3. The molecule has 0 amide bonds. The van der Waals surface area contributed by atoms with Crippen LogP contribution in [-0.2, 0) is 0 Å². The number of hydrogen-bond donors (Lipinski definition) is 2. The van der Waals surface area contributed by atoms with Crippen LogP contribution in [0.1, 0.15) is 24.2 Å². The van der Waals surface area contributed by atoms with Crippen molar-refractivity contribution in [3.05, 3.63) is 89.2 Å². The smallest absolute Gasteiger partial charge is 0.154 e. The van der Waals surface area contributed by atoms with Crippen LogP contribution in [0.4, 0.5) is 5.82 Å². The Morgan fingerprint density at radius 2 is 1.49 bits per heavy atom. The van der Waals surface area contributed by atoms with Crippen molar-refractivity contribution in [2.75, 3.05) is 57.7 Å². The van der Waals surface area contributed by atoms with Crippen molar-refractivity contribution in [2.24, 2.45) is 5.73 Å². The third kappa shape index (κ3) is 7.64. The number of halogens is 1. The number of rotatable bonds is 11. The molecule has 5 rings (SSSR count). The second-order valence-corrected chi connectivity index (χ2v) is 10.5. The average Bonchev–Trinajstić information content (AvgIpc) is 2.98. The van der Waals surface area contributed by atoms with Crippen molar-refractivity contribution in [1.29, 1.82) is 0 Å². The van der Waals surface area contributed by atoms with Crippen LogP contribution in [0.2, 0.25) is 5.02 Å². The number of nitrogens with two attached hydrogens (primary N) is 1. The van der Waals surface area contributed by atoms with Gasteiger partial charge in [0.2, 0.25) is 0 Å². The molecule has 0 unspecified atom stereocenters. The van der Waals surface area contributed by atoms with Gasteiger partial charge in [0.25, 0.3) is 0 Å². The quantitative estimate of drug-likeness (QED) is 0.231. The number of fused-ring (bicyclic) bond motifs is 1. The minimum absolute atomic E-state index is 0.660. The van der Waals surface area contributed by atoms with Crippen LogP contribution in [0.15, 0.2) is 72.8 Å². The summed E-state index contributed by atoms with van der Waals surface area (Å²) in [6, 6.07) is 24.7. The van der Waals surface area contributed by atoms with Crippen LogP contribution in [0, 0.1) is 0 Å². The highest BCUT2D eigenvalue weighted by Gasteiger charge is 2.16. The van der Waals surface area contributed by atoms with Gasteiger partial charge in [0, 0.05) is 43.1 Å². The zero-order chi connectivity index (χ0) is 26.9. The SMILES string of the molecule is NCCCN1CCN(CCCNc2nc(C=Cc3ccc(-c4ccccc4)cc3)nc3cc(Cl)ccc23)CC1. The molecule has 1 aromatic heterocycles. The molecular formula is C32H37ClN6. The lowest BCUT2D eigenvalue weighted by Crippen LogP contribution is -2.47. The third-order valence-corrected chi connectivity index (χ3v) is 7.44. The van der Waals surface area contributed by atoms with Crippen molar-refractivity contribution < 1.29 is 0 Å². The zero-order valence-electron chi connectivity index (χ0n) is 22.4. The van der Waals surface area contributed by atoms with E-state index in [1.165, 1.54) is 11.1 Å². The standard InChI is InChI=1S/C32H37ClN6/c33-28-13-14-29-30(24-28)36-31(15-10-25-8-11-27(12-9-25)26-6-2-1-3-7-26)37-32(29)35-17-5-19-39-22-20-38(21-23-39)18-4-16-34/h1-3,6-15,24H,4-5,16-23,34H2,(H,35,36,37). The lowest BCUT2D eigenvalue weighted by atomic mass is 10.0. The van der Waals surface area contributed by atoms with E-state index in [9.17, 15) is 0 Å². The zero-order valence-corrected chi connectivity index (χ0v) is 23.2. The Bertz CT molecular complexity index is 1370. The molecule has 7 heteroatoms. The molecule has 6 nitrogen and oxygen atoms in total. The lowest BCUT2D eigenvalue weighted by molar-refractivity contribution is 0.132. The van der Waals surface area contributed by atoms with Crippen molar-refractivity contribution in [1.82, 2.24) is 19.8 Å². The molecule has 0 spiro atoms. The minimum atomic E-state index is 0.660. The number of nitrogens with one attached hydrogen (secondary N) is 1. The predicted octanol–water partition coefficient (Wildman–Crippen LogP) is 5.89. The predicted molar refractivity (Wildman–Crippen MR) is 165 cm³/mol. The van der Waals surface area contributed by atoms with Crippen LogP contribution in [0.3, 0.4) is 0 Å². The molecule has 1 aliphatic rings. The molecule has 0 radical (unpaired) electrons. The summed E-state index contributed by atoms with van der Waals surface area (Å²) >= 11 is 6.30. The van der Waals surface area contributed by atoms with Gasteiger partial charge in [-0.05, 0) is 73.4 Å². The summed E-state index contributed by atoms with van der Waals surface area (Å²) in [6.07, 6.45) is 6.16. The second kappa shape index (κ2) is 13.7. The maximum atomic E-state index is 6.30. The highest BCUT2D eigenvalue weighted by molar-refractivity contribution is 6.31. The van der Waals surface area contributed by atoms with Gasteiger partial charge in [-0.25, -0.2) is 9.97 Å². The summed E-state index contributed by atoms with van der Waals surface area (Å²) in [5.74, 6) is 1.51. The minimum Gasteiger partial charge on any atom is -0.369 e. The molecule has 0 atom stereocenters. The van der Waals surface area contributed by atoms with E-state index in [4.69, 9.17) is 27.3 Å². The van der Waals surface area contributed by atoms with Crippen LogP contribution >= 0.6 is 11.6 Å². The van der Waals surface area contributed by atoms with E-state index in [0.29, 0.717) is 10.8 Å². The number of aromatic nitrogens is 2. The number of hydrogen-bond acceptors (Lipinski definition) is 6. The van der Waals surface area contributed by atoms with Crippen molar-refractivity contribution >= 4 is 40.5 Å². The molecule has 0 aliphatic carbocycles. The van der Waals surface area contributed by atoms with Gasteiger partial charge in [-0.1, -0.05) is 72.3 Å². The Morgan fingerprint density at radius 1 is 0.795 bits per heavy atom. The summed E-state index contributed by atoms with van der Waals surface area (Å²) in [5, 5.41) is 5.22. The highest BCUT2D eigenvalue weighted by Crippen LogP contribution is 2.25. The van der Waals surface area contributed by atoms with E-state index >= 15 is 0 Å². The normalized spacial score (nSPS) is 14.8. The van der Waals surface area contributed by atoms with Crippen LogP contribution in [0.5, 0.6) is 0 Å². The fourth-order valence-electron chi connectivity index (χ4n) is 4.98. The van der Waals surface area contributed by atoms with Gasteiger partial charge < -0.3 is 20.9 Å². The molecule has 3 N–H and O–H groups in total. The molecule has 1 fully saturated rings. The molecule has 1 aliphatic heterocycles. The molecular weight excluding hydrogens is 504 g/mol. The number of nitrogens with zero attached hydrogens (tertiary/aromatic N) is 4. The first-order valence-electron chi connectivity index (χ1n) is 13.9. The van der Waals surface area contributed by atoms with Gasteiger partial charge >= 0.3 is 0 Å². The summed E-state index contributed by atoms with van der Waals surface area (Å²) in [4.78, 5) is 14.7. The summed E-state index contributed by atoms with van der Waals surface area (Å²) in [6.45, 7) is 8.35. The Labute approximate surface area is 236 Å². The van der Waals surface area contributed by atoms with Gasteiger partial charge in [-0.15, -0.1) is 0 Å². The van der Waals surface area contributed by atoms with E-state index in [0.717, 1.165) is 87.5 Å². The molecule has 0 bridgehead atoms. The molecule has 2 heterocycles. The monoisotopic (exact) mass is 540 g/mol. The van der Waals surface area contributed by atoms with Gasteiger partial charge in [-0.3, -0.25) is 0 Å². The number of anilines is 1. The van der Waals surface area contributed by atoms with Crippen molar-refractivity contribution in [3.63, 3.8) is 0 Å². The first-order valence-corrected chi connectivity index (χ1v) is 14.3. The first-order chi connectivity index (χ1) is 19.2. The molecule has 4 aromatic rings. The van der Waals surface area contributed by atoms with E-state index in [1.807, 2.05) is 30.3 Å². The van der Waals surface area contributed by atoms with E-state index < -0.39 is 0 Å². The average molecular weight is 541 g/mol. The maximum absolute atomic E-state index is 6.30. The van der Waals surface area contributed by atoms with E-state index in [1.54, 1.807) is 0 Å². The van der Waals surface area contributed by atoms with Crippen LogP contribution in [-0.4, -0.2) is 72.1 Å². The Morgan fingerprint density at radius 3 is 2.21 bits per heavy atom. The van der Waals surface area contributed by atoms with Crippen molar-refractivity contribution in [3.8, 4) is 11.1 Å². The first kappa shape index (κ1) is 27.3. The van der Waals surface area contributed by atoms with Gasteiger partial charge in [0.1, 0.15) is 5.82 Å². The molecule has 1 saturated heterocycles. The van der Waals surface area contributed by atoms with Crippen LogP contribution < -0.4 is 11.1 Å². The third-order valence-electron chi connectivity index (χ3n) is 7.21. The fraction of sp³-hybridized carbons (Fsp3) is 0.312. The molecule has 202 valence electrons. The summed E-state index contributed by atoms with van der Waals surface area (Å²) < 4.78 is 0. The Balaban J connectivity index is 1.21. The number of piperazine rings is 1. The van der Waals surface area contributed by atoms with E-state index in [-0.39, 0.29) is 0 Å². The Hall–Kier alpha value is -3.29. The molecule has 3 aromatic carbocycles. The van der Waals surface area contributed by atoms with Gasteiger partial charge in [0.15, 0.2) is 5.82 Å². The van der Waals surface area contributed by atoms with Gasteiger partial charge in [-0.2, -0.15) is 0 Å². The highest BCUT2D eigenvalue weighted by atomic mass is 35.5. The van der Waals surface area contributed by atoms with Crippen LogP contribution in [0.25, 0.3) is 34.2 Å². The largest absolute Gasteiger partial charge is 0.369 e. The maximum Gasteiger partial charge on any atom is 0.154 e. The topological polar surface area (TPSA) is 70.3 Å². The summed E-state index contributed by atoms with van der Waals surface area (Å²) in [5.41, 5.74) is 10.0. The summed E-state index contributed by atoms with van der Waals surface area (Å²) in [7, 11) is 0.